The Morgan fingerprint density at radius 3 is 2.37 bits per heavy atom. The molecule has 1 amide bonds. The average Bonchev–Trinajstić information content (AvgIpc) is 2.62. The molecule has 0 aromatic heterocycles. The molecule has 7 heteroatoms. The van der Waals surface area contributed by atoms with Gasteiger partial charge in [0.15, 0.2) is 0 Å². The minimum Gasteiger partial charge on any atom is -0.468 e. The average molecular weight is 389 g/mol. The number of hydrogen-bond donors (Lipinski definition) is 0. The number of hydrogen-bond acceptors (Lipinski definition) is 5. The summed E-state index contributed by atoms with van der Waals surface area (Å²) in [6.07, 6.45) is 3.30. The molecular weight excluding hydrogens is 366 g/mol. The summed E-state index contributed by atoms with van der Waals surface area (Å²) < 4.78 is 32.5. The molecule has 0 fully saturated rings. The van der Waals surface area contributed by atoms with Crippen molar-refractivity contribution < 1.29 is 22.7 Å². The fraction of sp³-hybridized carbons (Fsp3) is 0.400. The summed E-state index contributed by atoms with van der Waals surface area (Å²) in [7, 11) is -2.84. The van der Waals surface area contributed by atoms with Crippen molar-refractivity contribution >= 4 is 21.9 Å². The highest BCUT2D eigenvalue weighted by Gasteiger charge is 2.56. The summed E-state index contributed by atoms with van der Waals surface area (Å²) in [6.45, 7) is 5.67. The van der Waals surface area contributed by atoms with E-state index in [-0.39, 0.29) is 4.90 Å². The van der Waals surface area contributed by atoms with Crippen LogP contribution in [0.4, 0.5) is 0 Å². The van der Waals surface area contributed by atoms with Gasteiger partial charge in [0.05, 0.1) is 18.0 Å². The molecule has 0 spiro atoms. The van der Waals surface area contributed by atoms with Crippen LogP contribution in [0, 0.1) is 12.3 Å². The fourth-order valence-corrected chi connectivity index (χ4v) is 5.44. The van der Waals surface area contributed by atoms with Crippen LogP contribution in [-0.2, 0) is 24.3 Å². The molecule has 144 valence electrons. The molecule has 1 aliphatic heterocycles. The van der Waals surface area contributed by atoms with Crippen molar-refractivity contribution in [3.8, 4) is 0 Å². The second kappa shape index (κ2) is 6.64. The third kappa shape index (κ3) is 3.00. The largest absolute Gasteiger partial charge is 0.468 e. The summed E-state index contributed by atoms with van der Waals surface area (Å²) in [5.74, 6) is -1.18. The van der Waals surface area contributed by atoms with Crippen LogP contribution in [0.5, 0.6) is 0 Å². The first-order valence-electron chi connectivity index (χ1n) is 8.71. The molecule has 27 heavy (non-hydrogen) atoms. The number of carbonyl (C=O) groups is 2. The van der Waals surface area contributed by atoms with Crippen LogP contribution >= 0.6 is 0 Å². The molecule has 1 aliphatic carbocycles. The molecule has 3 rings (SSSR count). The Morgan fingerprint density at radius 1 is 1.15 bits per heavy atom. The maximum Gasteiger partial charge on any atom is 0.318 e. The molecule has 1 heterocycles. The molecule has 1 aromatic rings. The smallest absolute Gasteiger partial charge is 0.318 e. The Hall–Kier alpha value is -2.41. The van der Waals surface area contributed by atoms with Gasteiger partial charge >= 0.3 is 5.97 Å². The quantitative estimate of drug-likeness (QED) is 0.587. The van der Waals surface area contributed by atoms with Gasteiger partial charge in [-0.2, -0.15) is 0 Å². The normalized spacial score (nSPS) is 25.4. The second-order valence-corrected chi connectivity index (χ2v) is 9.09. The van der Waals surface area contributed by atoms with Crippen LogP contribution in [0.3, 0.4) is 0 Å². The minimum atomic E-state index is -4.12. The monoisotopic (exact) mass is 389 g/mol. The lowest BCUT2D eigenvalue weighted by Gasteiger charge is -2.47. The van der Waals surface area contributed by atoms with Crippen molar-refractivity contribution in [2.75, 3.05) is 7.11 Å². The lowest BCUT2D eigenvalue weighted by Crippen LogP contribution is -2.59. The molecule has 1 aromatic carbocycles. The third-order valence-electron chi connectivity index (χ3n) is 5.55. The van der Waals surface area contributed by atoms with Gasteiger partial charge in [0.1, 0.15) is 5.41 Å². The summed E-state index contributed by atoms with van der Waals surface area (Å²) in [4.78, 5) is 25.4. The number of nitrogens with zero attached hydrogens (tertiary/aromatic N) is 1. The van der Waals surface area contributed by atoms with Gasteiger partial charge in [-0.1, -0.05) is 34.9 Å². The van der Waals surface area contributed by atoms with Crippen molar-refractivity contribution in [1.82, 2.24) is 4.31 Å². The Labute approximate surface area is 159 Å². The highest BCUT2D eigenvalue weighted by molar-refractivity contribution is 7.89. The molecule has 0 radical (unpaired) electrons. The number of fused-ring (bicyclic) bond motifs is 1. The molecule has 2 unspecified atom stereocenters. The van der Waals surface area contributed by atoms with Gasteiger partial charge in [-0.15, -0.1) is 0 Å². The van der Waals surface area contributed by atoms with Crippen molar-refractivity contribution in [2.45, 2.75) is 44.6 Å². The predicted molar refractivity (Wildman–Crippen MR) is 100 cm³/mol. The predicted octanol–water partition coefficient (Wildman–Crippen LogP) is 2.74. The van der Waals surface area contributed by atoms with E-state index in [9.17, 15) is 18.0 Å². The molecule has 6 nitrogen and oxygen atoms in total. The molecule has 0 saturated heterocycles. The van der Waals surface area contributed by atoms with Gasteiger partial charge in [-0.05, 0) is 45.7 Å². The van der Waals surface area contributed by atoms with Crippen LogP contribution in [-0.4, -0.2) is 37.8 Å². The number of esters is 1. The summed E-state index contributed by atoms with van der Waals surface area (Å²) >= 11 is 0. The fourth-order valence-electron chi connectivity index (χ4n) is 3.84. The van der Waals surface area contributed by atoms with Crippen LogP contribution < -0.4 is 0 Å². The lowest BCUT2D eigenvalue weighted by molar-refractivity contribution is -0.154. The van der Waals surface area contributed by atoms with Crippen LogP contribution in [0.1, 0.15) is 32.3 Å². The van der Waals surface area contributed by atoms with Crippen molar-refractivity contribution in [3.05, 3.63) is 53.1 Å². The van der Waals surface area contributed by atoms with Crippen LogP contribution in [0.2, 0.25) is 0 Å². The van der Waals surface area contributed by atoms with Gasteiger partial charge in [-0.25, -0.2) is 12.7 Å². The molecule has 2 aliphatic rings. The maximum absolute atomic E-state index is 13.3. The van der Waals surface area contributed by atoms with E-state index in [2.05, 4.69) is 0 Å². The first kappa shape index (κ1) is 19.4. The number of ether oxygens (including phenoxy) is 1. The second-order valence-electron chi connectivity index (χ2n) is 7.27. The molecule has 2 atom stereocenters. The summed E-state index contributed by atoms with van der Waals surface area (Å²) in [5.41, 5.74) is 1.69. The van der Waals surface area contributed by atoms with Gasteiger partial charge < -0.3 is 4.74 Å². The maximum atomic E-state index is 13.3. The van der Waals surface area contributed by atoms with Crippen LogP contribution in [0.25, 0.3) is 0 Å². The number of allylic oxidation sites excluding steroid dienone is 1. The molecular formula is C20H23NO5S. The Balaban J connectivity index is 2.18. The number of sulfonamides is 1. The van der Waals surface area contributed by atoms with E-state index < -0.39 is 33.4 Å². The number of carbonyl (C=O) groups excluding carboxylic acids is 2. The van der Waals surface area contributed by atoms with Crippen molar-refractivity contribution in [3.63, 3.8) is 0 Å². The number of rotatable bonds is 3. The van der Waals surface area contributed by atoms with Crippen molar-refractivity contribution in [1.29, 1.82) is 0 Å². The Bertz CT molecular complexity index is 959. The molecule has 0 bridgehead atoms. The SMILES string of the molecule is COC(=O)C12C=CC(=O)N(S(=O)(=O)c3ccc(C)cc3)C1CC(C)=C(C)C2. The number of amides is 1. The topological polar surface area (TPSA) is 80.8 Å². The van der Waals surface area contributed by atoms with E-state index in [4.69, 9.17) is 4.74 Å². The minimum absolute atomic E-state index is 0.0273. The Kier molecular flexibility index (Phi) is 4.76. The first-order valence-corrected chi connectivity index (χ1v) is 10.2. The van der Waals surface area contributed by atoms with Crippen LogP contribution in [0.15, 0.2) is 52.5 Å². The van der Waals surface area contributed by atoms with E-state index in [1.54, 1.807) is 12.1 Å². The zero-order valence-electron chi connectivity index (χ0n) is 15.9. The van der Waals surface area contributed by atoms with E-state index >= 15 is 0 Å². The molecule has 0 N–H and O–H groups in total. The van der Waals surface area contributed by atoms with Gasteiger partial charge in [-0.3, -0.25) is 9.59 Å². The standard InChI is InChI=1S/C20H23NO5S/c1-13-5-7-16(8-6-13)27(24,25)21-17-11-14(2)15(3)12-20(17,19(23)26-4)10-9-18(21)22/h5-10,17H,11-12H2,1-4H3. The van der Waals surface area contributed by atoms with Gasteiger partial charge in [0, 0.05) is 6.08 Å². The lowest BCUT2D eigenvalue weighted by atomic mass is 9.67. The number of aryl methyl sites for hydroxylation is 1. The van der Waals surface area contributed by atoms with Gasteiger partial charge in [0.25, 0.3) is 15.9 Å². The highest BCUT2D eigenvalue weighted by Crippen LogP contribution is 2.47. The zero-order valence-corrected chi connectivity index (χ0v) is 16.7. The van der Waals surface area contributed by atoms with Crippen molar-refractivity contribution in [2.24, 2.45) is 5.41 Å². The van der Waals surface area contributed by atoms with Gasteiger partial charge in [0.2, 0.25) is 0 Å². The zero-order chi connectivity index (χ0) is 20.0. The van der Waals surface area contributed by atoms with E-state index in [1.165, 1.54) is 31.4 Å². The third-order valence-corrected chi connectivity index (χ3v) is 7.37. The first-order chi connectivity index (χ1) is 12.6. The number of benzene rings is 1. The van der Waals surface area contributed by atoms with E-state index in [0.717, 1.165) is 21.0 Å². The molecule has 0 saturated carbocycles. The number of methoxy groups -OCH3 is 1. The summed E-state index contributed by atoms with van der Waals surface area (Å²) in [5, 5.41) is 0. The highest BCUT2D eigenvalue weighted by atomic mass is 32.2. The van der Waals surface area contributed by atoms with E-state index in [1.807, 2.05) is 20.8 Å². The van der Waals surface area contributed by atoms with E-state index in [0.29, 0.717) is 12.8 Å². The Morgan fingerprint density at radius 2 is 1.78 bits per heavy atom. The summed E-state index contributed by atoms with van der Waals surface area (Å²) in [6, 6.07) is 5.47.